The quantitative estimate of drug-likeness (QED) is 0.208. The van der Waals surface area contributed by atoms with Crippen LogP contribution in [0.1, 0.15) is 39.8 Å². The van der Waals surface area contributed by atoms with Crippen LogP contribution in [0.4, 0.5) is 32.0 Å². The lowest BCUT2D eigenvalue weighted by Crippen LogP contribution is -2.21. The van der Waals surface area contributed by atoms with Crippen LogP contribution in [0.15, 0.2) is 85.0 Å². The molecule has 9 heteroatoms. The maximum Gasteiger partial charge on any atom is 0.416 e. The summed E-state index contributed by atoms with van der Waals surface area (Å²) < 4.78 is 78.0. The lowest BCUT2D eigenvalue weighted by molar-refractivity contribution is -0.138. The van der Waals surface area contributed by atoms with Crippen LogP contribution < -0.4 is 5.32 Å². The second-order valence-corrected chi connectivity index (χ2v) is 8.92. The number of alkyl halides is 6. The first-order chi connectivity index (χ1) is 17.9. The first-order valence-corrected chi connectivity index (χ1v) is 11.8. The highest BCUT2D eigenvalue weighted by atomic mass is 19.4. The number of carbonyl (C=O) groups is 1. The van der Waals surface area contributed by atoms with Gasteiger partial charge in [-0.15, -0.1) is 0 Å². The number of carbonyl (C=O) groups excluding carboxylic acids is 1. The van der Waals surface area contributed by atoms with E-state index in [1.54, 1.807) is 6.07 Å². The van der Waals surface area contributed by atoms with Crippen molar-refractivity contribution in [1.82, 2.24) is 0 Å². The molecule has 0 saturated heterocycles. The molecule has 1 amide bonds. The Labute approximate surface area is 215 Å². The Bertz CT molecular complexity index is 1290. The third-order valence-electron chi connectivity index (χ3n) is 6.27. The SMILES string of the molecule is O=C(C=CC=C(c1ccc(C(F)(F)F)cc1)c1ccc(C(F)(F)F)cc1)Nc1cccc2c1CC(O)CC2. The Morgan fingerprint density at radius 3 is 1.92 bits per heavy atom. The molecule has 0 spiro atoms. The number of aliphatic hydroxyl groups excluding tert-OH is 1. The average molecular weight is 531 g/mol. The largest absolute Gasteiger partial charge is 0.416 e. The van der Waals surface area contributed by atoms with Crippen molar-refractivity contribution in [2.75, 3.05) is 5.32 Å². The number of allylic oxidation sites excluding steroid dienone is 2. The molecule has 1 aliphatic carbocycles. The maximum atomic E-state index is 13.0. The van der Waals surface area contributed by atoms with Crippen LogP contribution >= 0.6 is 0 Å². The van der Waals surface area contributed by atoms with Crippen LogP contribution in [0.5, 0.6) is 0 Å². The molecule has 1 unspecified atom stereocenters. The van der Waals surface area contributed by atoms with Crippen molar-refractivity contribution >= 4 is 17.2 Å². The van der Waals surface area contributed by atoms with Crippen LogP contribution in [-0.2, 0) is 30.0 Å². The number of aryl methyl sites for hydroxylation is 1. The third kappa shape index (κ3) is 6.52. The Hall–Kier alpha value is -3.85. The summed E-state index contributed by atoms with van der Waals surface area (Å²) in [6.07, 6.45) is -3.76. The van der Waals surface area contributed by atoms with Gasteiger partial charge < -0.3 is 10.4 Å². The molecule has 198 valence electrons. The molecule has 1 aliphatic rings. The van der Waals surface area contributed by atoms with Crippen molar-refractivity contribution in [3.05, 3.63) is 118 Å². The van der Waals surface area contributed by atoms with Crippen LogP contribution in [-0.4, -0.2) is 17.1 Å². The normalized spacial score (nSPS) is 15.7. The molecule has 2 N–H and O–H groups in total. The number of nitrogens with one attached hydrogen (secondary N) is 1. The Morgan fingerprint density at radius 1 is 0.842 bits per heavy atom. The van der Waals surface area contributed by atoms with E-state index in [0.717, 1.165) is 35.4 Å². The van der Waals surface area contributed by atoms with E-state index in [-0.39, 0.29) is 0 Å². The number of amides is 1. The summed E-state index contributed by atoms with van der Waals surface area (Å²) in [6.45, 7) is 0. The van der Waals surface area contributed by atoms with E-state index < -0.39 is 35.5 Å². The zero-order valence-electron chi connectivity index (χ0n) is 19.9. The van der Waals surface area contributed by atoms with Crippen molar-refractivity contribution in [3.8, 4) is 0 Å². The van der Waals surface area contributed by atoms with Gasteiger partial charge in [-0.1, -0.05) is 48.6 Å². The van der Waals surface area contributed by atoms with Gasteiger partial charge in [0, 0.05) is 18.2 Å². The van der Waals surface area contributed by atoms with Gasteiger partial charge in [-0.25, -0.2) is 0 Å². The number of hydrogen-bond donors (Lipinski definition) is 2. The standard InChI is InChI=1S/C29H23F6NO2/c30-28(31,32)21-12-7-19(8-13-21)24(20-9-14-22(15-10-20)29(33,34)35)4-2-6-27(38)36-26-5-1-3-18-11-16-23(37)17-25(18)26/h1-10,12-15,23,37H,11,16-17H2,(H,36,38). The molecule has 0 heterocycles. The fourth-order valence-electron chi connectivity index (χ4n) is 4.33. The highest BCUT2D eigenvalue weighted by Crippen LogP contribution is 2.34. The number of benzene rings is 3. The lowest BCUT2D eigenvalue weighted by Gasteiger charge is -2.23. The smallest absolute Gasteiger partial charge is 0.393 e. The van der Waals surface area contributed by atoms with Gasteiger partial charge in [-0.05, 0) is 71.0 Å². The molecule has 0 radical (unpaired) electrons. The second-order valence-electron chi connectivity index (χ2n) is 8.92. The van der Waals surface area contributed by atoms with Gasteiger partial charge in [0.2, 0.25) is 5.91 Å². The monoisotopic (exact) mass is 531 g/mol. The predicted molar refractivity (Wildman–Crippen MR) is 132 cm³/mol. The van der Waals surface area contributed by atoms with E-state index >= 15 is 0 Å². The highest BCUT2D eigenvalue weighted by molar-refractivity contribution is 6.00. The fraction of sp³-hybridized carbons (Fsp3) is 0.207. The topological polar surface area (TPSA) is 49.3 Å². The molecule has 0 aliphatic heterocycles. The molecule has 3 aromatic rings. The molecule has 3 aromatic carbocycles. The van der Waals surface area contributed by atoms with Crippen LogP contribution in [0.25, 0.3) is 5.57 Å². The van der Waals surface area contributed by atoms with Crippen LogP contribution in [0.2, 0.25) is 0 Å². The van der Waals surface area contributed by atoms with Gasteiger partial charge in [0.1, 0.15) is 0 Å². The van der Waals surface area contributed by atoms with Crippen molar-refractivity contribution in [1.29, 1.82) is 0 Å². The Kier molecular flexibility index (Phi) is 7.78. The summed E-state index contributed by atoms with van der Waals surface area (Å²) in [4.78, 5) is 12.6. The minimum atomic E-state index is -4.54. The van der Waals surface area contributed by atoms with Crippen LogP contribution in [0, 0.1) is 0 Å². The van der Waals surface area contributed by atoms with E-state index in [4.69, 9.17) is 0 Å². The number of halogens is 6. The van der Waals surface area contributed by atoms with E-state index in [2.05, 4.69) is 5.32 Å². The molecule has 0 fully saturated rings. The van der Waals surface area contributed by atoms with Gasteiger partial charge >= 0.3 is 12.4 Å². The zero-order chi connectivity index (χ0) is 27.5. The minimum Gasteiger partial charge on any atom is -0.393 e. The molecule has 0 aromatic heterocycles. The van der Waals surface area contributed by atoms with Gasteiger partial charge in [0.15, 0.2) is 0 Å². The van der Waals surface area contributed by atoms with Crippen molar-refractivity contribution in [2.45, 2.75) is 37.7 Å². The first kappa shape index (κ1) is 27.2. The molecular formula is C29H23F6NO2. The maximum absolute atomic E-state index is 13.0. The van der Waals surface area contributed by atoms with Crippen molar-refractivity contribution < 1.29 is 36.2 Å². The van der Waals surface area contributed by atoms with Gasteiger partial charge in [-0.2, -0.15) is 26.3 Å². The van der Waals surface area contributed by atoms with Crippen molar-refractivity contribution in [2.24, 2.45) is 0 Å². The number of hydrogen-bond acceptors (Lipinski definition) is 2. The average Bonchev–Trinajstić information content (AvgIpc) is 2.86. The second kappa shape index (κ2) is 10.9. The van der Waals surface area contributed by atoms with E-state index in [0.29, 0.717) is 41.6 Å². The van der Waals surface area contributed by atoms with E-state index in [9.17, 15) is 36.2 Å². The van der Waals surface area contributed by atoms with E-state index in [1.807, 2.05) is 12.1 Å². The number of anilines is 1. The number of aliphatic hydroxyl groups is 1. The summed E-state index contributed by atoms with van der Waals surface area (Å²) in [5.41, 5.74) is 1.74. The molecule has 3 nitrogen and oxygen atoms in total. The van der Waals surface area contributed by atoms with Crippen molar-refractivity contribution in [3.63, 3.8) is 0 Å². The molecule has 0 bridgehead atoms. The number of fused-ring (bicyclic) bond motifs is 1. The van der Waals surface area contributed by atoms with Gasteiger partial charge in [0.05, 0.1) is 17.2 Å². The van der Waals surface area contributed by atoms with Gasteiger partial charge in [-0.3, -0.25) is 4.79 Å². The van der Waals surface area contributed by atoms with E-state index in [1.165, 1.54) is 42.5 Å². The summed E-state index contributed by atoms with van der Waals surface area (Å²) in [6, 6.07) is 13.9. The molecule has 4 rings (SSSR count). The fourth-order valence-corrected chi connectivity index (χ4v) is 4.33. The minimum absolute atomic E-state index is 0.328. The predicted octanol–water partition coefficient (Wildman–Crippen LogP) is 7.20. The number of rotatable bonds is 5. The molecule has 0 saturated carbocycles. The Balaban J connectivity index is 1.61. The van der Waals surface area contributed by atoms with Crippen LogP contribution in [0.3, 0.4) is 0 Å². The van der Waals surface area contributed by atoms with Gasteiger partial charge in [0.25, 0.3) is 0 Å². The molecular weight excluding hydrogens is 508 g/mol. The third-order valence-corrected chi connectivity index (χ3v) is 6.27. The summed E-state index contributed by atoms with van der Waals surface area (Å²) >= 11 is 0. The summed E-state index contributed by atoms with van der Waals surface area (Å²) in [5.74, 6) is -0.478. The molecule has 38 heavy (non-hydrogen) atoms. The molecule has 1 atom stereocenters. The highest BCUT2D eigenvalue weighted by Gasteiger charge is 2.31. The summed E-state index contributed by atoms with van der Waals surface area (Å²) in [5, 5.41) is 12.8. The summed E-state index contributed by atoms with van der Waals surface area (Å²) in [7, 11) is 0. The lowest BCUT2D eigenvalue weighted by atomic mass is 9.88. The Morgan fingerprint density at radius 2 is 1.39 bits per heavy atom. The first-order valence-electron chi connectivity index (χ1n) is 11.8. The zero-order valence-corrected chi connectivity index (χ0v) is 19.9.